The first-order chi connectivity index (χ1) is 7.04. The Morgan fingerprint density at radius 1 is 1.13 bits per heavy atom. The van der Waals surface area contributed by atoms with Crippen molar-refractivity contribution in [1.29, 1.82) is 0 Å². The summed E-state index contributed by atoms with van der Waals surface area (Å²) in [5.74, 6) is 0. The number of hydrogen-bond acceptors (Lipinski definition) is 0. The highest BCUT2D eigenvalue weighted by molar-refractivity contribution is 6.66. The van der Waals surface area contributed by atoms with Gasteiger partial charge in [0.1, 0.15) is 0 Å². The normalized spacial score (nSPS) is 11.7. The highest BCUT2D eigenvalue weighted by Crippen LogP contribution is 2.38. The third-order valence-corrected chi connectivity index (χ3v) is 2.98. The second-order valence-corrected chi connectivity index (χ2v) is 5.94. The lowest BCUT2D eigenvalue weighted by atomic mass is 10.1. The van der Waals surface area contributed by atoms with Crippen LogP contribution in [-0.2, 0) is 10.2 Å². The molecule has 0 spiro atoms. The topological polar surface area (TPSA) is 0 Å². The number of aryl methyl sites for hydroxylation is 1. The molecule has 3 heteroatoms. The highest BCUT2D eigenvalue weighted by Gasteiger charge is 2.22. The smallest absolute Gasteiger partial charge is 0.0784 e. The molecule has 0 aliphatic heterocycles. The summed E-state index contributed by atoms with van der Waals surface area (Å²) in [6.07, 6.45) is 4.73. The van der Waals surface area contributed by atoms with E-state index >= 15 is 0 Å². The summed E-state index contributed by atoms with van der Waals surface area (Å²) in [5, 5.41) is 0. The molecule has 0 saturated heterocycles. The van der Waals surface area contributed by atoms with Crippen molar-refractivity contribution in [3.05, 3.63) is 35.4 Å². The number of hydrogen-bond donors (Lipinski definition) is 0. The Kier molecular flexibility index (Phi) is 5.25. The maximum atomic E-state index is 5.82. The van der Waals surface area contributed by atoms with Crippen molar-refractivity contribution in [2.75, 3.05) is 0 Å². The second-order valence-electron chi connectivity index (χ2n) is 3.66. The zero-order valence-electron chi connectivity index (χ0n) is 8.77. The van der Waals surface area contributed by atoms with Crippen LogP contribution in [0, 0.1) is 0 Å². The summed E-state index contributed by atoms with van der Waals surface area (Å²) in [6, 6.07) is 7.84. The van der Waals surface area contributed by atoms with Gasteiger partial charge in [-0.1, -0.05) is 78.8 Å². The molecule has 0 N–H and O–H groups in total. The third-order valence-electron chi connectivity index (χ3n) is 2.32. The summed E-state index contributed by atoms with van der Waals surface area (Å²) in [6.45, 7) is 2.19. The van der Waals surface area contributed by atoms with Crippen molar-refractivity contribution in [3.63, 3.8) is 0 Å². The van der Waals surface area contributed by atoms with Crippen LogP contribution >= 0.6 is 34.8 Å². The molecule has 1 rings (SSSR count). The standard InChI is InChI=1S/C12H15Cl3/c1-2-3-4-6-10-7-5-8-11(9-10)12(13,14)15/h5,7-9H,2-4,6H2,1H3. The van der Waals surface area contributed by atoms with Gasteiger partial charge in [-0.25, -0.2) is 0 Å². The molecule has 0 saturated carbocycles. The van der Waals surface area contributed by atoms with Gasteiger partial charge in [-0.2, -0.15) is 0 Å². The minimum absolute atomic E-state index is 0.751. The first-order valence-electron chi connectivity index (χ1n) is 5.20. The molecule has 0 nitrogen and oxygen atoms in total. The molecule has 0 radical (unpaired) electrons. The van der Waals surface area contributed by atoms with Gasteiger partial charge in [-0.05, 0) is 18.4 Å². The Bertz CT molecular complexity index is 302. The molecule has 0 aromatic heterocycles. The maximum Gasteiger partial charge on any atom is 0.216 e. The van der Waals surface area contributed by atoms with Crippen LogP contribution in [0.5, 0.6) is 0 Å². The number of halogens is 3. The summed E-state index contributed by atoms with van der Waals surface area (Å²) in [5.41, 5.74) is 1.99. The fraction of sp³-hybridized carbons (Fsp3) is 0.500. The number of rotatable bonds is 4. The van der Waals surface area contributed by atoms with Crippen LogP contribution in [0.25, 0.3) is 0 Å². The molecule has 84 valence electrons. The third kappa shape index (κ3) is 4.63. The van der Waals surface area contributed by atoms with E-state index in [9.17, 15) is 0 Å². The lowest BCUT2D eigenvalue weighted by Gasteiger charge is -2.12. The molecule has 0 aliphatic carbocycles. The van der Waals surface area contributed by atoms with E-state index in [4.69, 9.17) is 34.8 Å². The molecule has 0 amide bonds. The van der Waals surface area contributed by atoms with Crippen molar-refractivity contribution in [2.24, 2.45) is 0 Å². The summed E-state index contributed by atoms with van der Waals surface area (Å²) < 4.78 is -1.30. The van der Waals surface area contributed by atoms with Gasteiger partial charge in [0, 0.05) is 5.56 Å². The van der Waals surface area contributed by atoms with E-state index in [-0.39, 0.29) is 0 Å². The summed E-state index contributed by atoms with van der Waals surface area (Å²) in [4.78, 5) is 0. The quantitative estimate of drug-likeness (QED) is 0.515. The molecule has 0 atom stereocenters. The predicted molar refractivity (Wildman–Crippen MR) is 68.9 cm³/mol. The Hall–Kier alpha value is 0.0900. The molecule has 15 heavy (non-hydrogen) atoms. The van der Waals surface area contributed by atoms with Crippen LogP contribution in [0.3, 0.4) is 0 Å². The largest absolute Gasteiger partial charge is 0.216 e. The average Bonchev–Trinajstić information content (AvgIpc) is 2.17. The first-order valence-corrected chi connectivity index (χ1v) is 6.33. The second kappa shape index (κ2) is 5.98. The Morgan fingerprint density at radius 2 is 1.87 bits per heavy atom. The number of unbranched alkanes of at least 4 members (excludes halogenated alkanes) is 2. The van der Waals surface area contributed by atoms with Crippen molar-refractivity contribution >= 4 is 34.8 Å². The zero-order valence-corrected chi connectivity index (χ0v) is 11.0. The minimum atomic E-state index is -1.30. The van der Waals surface area contributed by atoms with Gasteiger partial charge < -0.3 is 0 Å². The van der Waals surface area contributed by atoms with Crippen molar-refractivity contribution in [1.82, 2.24) is 0 Å². The van der Waals surface area contributed by atoms with Crippen LogP contribution in [-0.4, -0.2) is 0 Å². The fourth-order valence-electron chi connectivity index (χ4n) is 1.48. The Morgan fingerprint density at radius 3 is 2.47 bits per heavy atom. The van der Waals surface area contributed by atoms with Gasteiger partial charge in [0.2, 0.25) is 3.79 Å². The minimum Gasteiger partial charge on any atom is -0.0784 e. The van der Waals surface area contributed by atoms with Gasteiger partial charge in [-0.15, -0.1) is 0 Å². The van der Waals surface area contributed by atoms with Crippen LogP contribution < -0.4 is 0 Å². The monoisotopic (exact) mass is 264 g/mol. The average molecular weight is 266 g/mol. The molecule has 1 aromatic rings. The van der Waals surface area contributed by atoms with E-state index in [1.54, 1.807) is 0 Å². The Balaban J connectivity index is 2.66. The lowest BCUT2D eigenvalue weighted by Crippen LogP contribution is -2.00. The molecule has 0 bridgehead atoms. The van der Waals surface area contributed by atoms with Gasteiger partial charge in [0.25, 0.3) is 0 Å². The maximum absolute atomic E-state index is 5.82. The van der Waals surface area contributed by atoms with E-state index in [0.29, 0.717) is 0 Å². The highest BCUT2D eigenvalue weighted by atomic mass is 35.6. The molecule has 1 aromatic carbocycles. The molecule has 0 unspecified atom stereocenters. The summed E-state index contributed by atoms with van der Waals surface area (Å²) in [7, 11) is 0. The zero-order chi connectivity index (χ0) is 11.3. The van der Waals surface area contributed by atoms with Gasteiger partial charge in [0.05, 0.1) is 0 Å². The van der Waals surface area contributed by atoms with E-state index in [1.165, 1.54) is 24.8 Å². The van der Waals surface area contributed by atoms with Gasteiger partial charge >= 0.3 is 0 Å². The number of benzene rings is 1. The van der Waals surface area contributed by atoms with Crippen molar-refractivity contribution in [2.45, 2.75) is 36.4 Å². The van der Waals surface area contributed by atoms with E-state index < -0.39 is 3.79 Å². The molecule has 0 heterocycles. The van der Waals surface area contributed by atoms with Gasteiger partial charge in [0.15, 0.2) is 0 Å². The number of alkyl halides is 3. The molecule has 0 aliphatic rings. The molecular formula is C12H15Cl3. The fourth-order valence-corrected chi connectivity index (χ4v) is 1.83. The van der Waals surface area contributed by atoms with Crippen molar-refractivity contribution in [3.8, 4) is 0 Å². The van der Waals surface area contributed by atoms with Gasteiger partial charge in [-0.3, -0.25) is 0 Å². The summed E-state index contributed by atoms with van der Waals surface area (Å²) >= 11 is 17.5. The SMILES string of the molecule is CCCCCc1cccc(C(Cl)(Cl)Cl)c1. The predicted octanol–water partition coefficient (Wildman–Crippen LogP) is 5.25. The van der Waals surface area contributed by atoms with Crippen LogP contribution in [0.2, 0.25) is 0 Å². The van der Waals surface area contributed by atoms with Crippen LogP contribution in [0.1, 0.15) is 37.3 Å². The Labute approximate surface area is 107 Å². The van der Waals surface area contributed by atoms with E-state index in [2.05, 4.69) is 13.0 Å². The molecule has 0 fully saturated rings. The van der Waals surface area contributed by atoms with Crippen LogP contribution in [0.15, 0.2) is 24.3 Å². The van der Waals surface area contributed by atoms with Crippen molar-refractivity contribution < 1.29 is 0 Å². The first kappa shape index (κ1) is 13.2. The van der Waals surface area contributed by atoms with E-state index in [0.717, 1.165) is 12.0 Å². The van der Waals surface area contributed by atoms with E-state index in [1.807, 2.05) is 18.2 Å². The molecular weight excluding hydrogens is 250 g/mol. The lowest BCUT2D eigenvalue weighted by molar-refractivity contribution is 0.717. The van der Waals surface area contributed by atoms with Crippen LogP contribution in [0.4, 0.5) is 0 Å².